The first-order valence-corrected chi connectivity index (χ1v) is 9.94. The van der Waals surface area contributed by atoms with Gasteiger partial charge in [0.05, 0.1) is 17.5 Å². The Hall–Kier alpha value is -2.75. The van der Waals surface area contributed by atoms with E-state index in [0.29, 0.717) is 23.6 Å². The first-order valence-electron chi connectivity index (χ1n) is 8.11. The molecule has 26 heavy (non-hydrogen) atoms. The summed E-state index contributed by atoms with van der Waals surface area (Å²) in [6.45, 7) is 0.140. The number of hydrazine groups is 1. The van der Waals surface area contributed by atoms with Crippen molar-refractivity contribution in [1.29, 1.82) is 0 Å². The lowest BCUT2D eigenvalue weighted by molar-refractivity contribution is -0.136. The third kappa shape index (κ3) is 3.19. The van der Waals surface area contributed by atoms with Gasteiger partial charge in [0.15, 0.2) is 21.3 Å². The second-order valence-corrected chi connectivity index (χ2v) is 8.51. The molecule has 0 radical (unpaired) electrons. The van der Waals surface area contributed by atoms with Crippen LogP contribution in [0.3, 0.4) is 0 Å². The van der Waals surface area contributed by atoms with Gasteiger partial charge in [0.25, 0.3) is 5.91 Å². The molecule has 3 heterocycles. The minimum absolute atomic E-state index is 0.0352. The van der Waals surface area contributed by atoms with Crippen LogP contribution < -0.4 is 20.2 Å². The van der Waals surface area contributed by atoms with Gasteiger partial charge in [-0.2, -0.15) is 0 Å². The molecule has 138 valence electrons. The molecule has 0 unspecified atom stereocenters. The molecule has 1 aromatic rings. The lowest BCUT2D eigenvalue weighted by atomic mass is 10.2. The highest BCUT2D eigenvalue weighted by Gasteiger charge is 2.37. The summed E-state index contributed by atoms with van der Waals surface area (Å²) in [5.74, 6) is 0.418. The van der Waals surface area contributed by atoms with Crippen molar-refractivity contribution in [2.75, 3.05) is 23.6 Å². The third-order valence-electron chi connectivity index (χ3n) is 4.44. The molecule has 0 saturated carbocycles. The van der Waals surface area contributed by atoms with Crippen molar-refractivity contribution in [2.24, 2.45) is 0 Å². The standard InChI is InChI=1S/C16H17N3O6S/c20-15-4-2-12(18-19(15)11-5-6-26(22,23)8-11)16(21)17-10-1-3-13-14(7-10)25-9-24-13/h1-3,7,11,18H,4-6,8-9H2,(H,17,21)/t11-/m1/s1. The average molecular weight is 379 g/mol. The van der Waals surface area contributed by atoms with Crippen molar-refractivity contribution in [1.82, 2.24) is 10.4 Å². The maximum Gasteiger partial charge on any atom is 0.273 e. The van der Waals surface area contributed by atoms with Crippen molar-refractivity contribution < 1.29 is 27.5 Å². The van der Waals surface area contributed by atoms with E-state index in [1.54, 1.807) is 18.2 Å². The molecule has 2 amide bonds. The molecule has 1 saturated heterocycles. The Balaban J connectivity index is 1.45. The molecule has 2 N–H and O–H groups in total. The molecule has 1 fully saturated rings. The van der Waals surface area contributed by atoms with Crippen molar-refractivity contribution in [3.05, 3.63) is 30.0 Å². The second kappa shape index (κ2) is 6.20. The summed E-state index contributed by atoms with van der Waals surface area (Å²) in [4.78, 5) is 24.6. The van der Waals surface area contributed by atoms with Crippen LogP contribution in [0, 0.1) is 0 Å². The summed E-state index contributed by atoms with van der Waals surface area (Å²) < 4.78 is 33.8. The number of fused-ring (bicyclic) bond motifs is 1. The zero-order chi connectivity index (χ0) is 18.3. The van der Waals surface area contributed by atoms with Gasteiger partial charge in [0.1, 0.15) is 5.70 Å². The van der Waals surface area contributed by atoms with Crippen LogP contribution in [-0.4, -0.2) is 49.6 Å². The SMILES string of the molecule is O=C(Nc1ccc2c(c1)OCO2)C1=CCC(=O)N([C@@H]2CCS(=O)(=O)C2)N1. The Morgan fingerprint density at radius 2 is 2.08 bits per heavy atom. The number of sulfone groups is 1. The molecule has 1 atom stereocenters. The van der Waals surface area contributed by atoms with Crippen LogP contribution in [0.25, 0.3) is 0 Å². The number of rotatable bonds is 3. The van der Waals surface area contributed by atoms with E-state index in [9.17, 15) is 18.0 Å². The summed E-state index contributed by atoms with van der Waals surface area (Å²) >= 11 is 0. The molecular formula is C16H17N3O6S. The molecule has 0 bridgehead atoms. The molecule has 10 heteroatoms. The highest BCUT2D eigenvalue weighted by Crippen LogP contribution is 2.34. The highest BCUT2D eigenvalue weighted by atomic mass is 32.2. The predicted octanol–water partition coefficient (Wildman–Crippen LogP) is 0.162. The van der Waals surface area contributed by atoms with Gasteiger partial charge in [0.2, 0.25) is 12.7 Å². The van der Waals surface area contributed by atoms with Gasteiger partial charge in [-0.1, -0.05) is 0 Å². The van der Waals surface area contributed by atoms with E-state index in [4.69, 9.17) is 9.47 Å². The summed E-state index contributed by atoms with van der Waals surface area (Å²) in [5, 5.41) is 3.99. The van der Waals surface area contributed by atoms with E-state index in [1.807, 2.05) is 0 Å². The number of nitrogens with zero attached hydrogens (tertiary/aromatic N) is 1. The van der Waals surface area contributed by atoms with Crippen LogP contribution in [0.2, 0.25) is 0 Å². The lowest BCUT2D eigenvalue weighted by Crippen LogP contribution is -2.53. The molecule has 4 rings (SSSR count). The van der Waals surface area contributed by atoms with E-state index >= 15 is 0 Å². The quantitative estimate of drug-likeness (QED) is 0.769. The molecule has 9 nitrogen and oxygen atoms in total. The highest BCUT2D eigenvalue weighted by molar-refractivity contribution is 7.91. The Morgan fingerprint density at radius 1 is 1.27 bits per heavy atom. The summed E-state index contributed by atoms with van der Waals surface area (Å²) in [6, 6.07) is 4.56. The van der Waals surface area contributed by atoms with E-state index in [0.717, 1.165) is 0 Å². The number of amides is 2. The fourth-order valence-corrected chi connectivity index (χ4v) is 4.82. The summed E-state index contributed by atoms with van der Waals surface area (Å²) in [7, 11) is -3.14. The van der Waals surface area contributed by atoms with Gasteiger partial charge in [-0.25, -0.2) is 8.42 Å². The van der Waals surface area contributed by atoms with Crippen molar-refractivity contribution in [2.45, 2.75) is 18.9 Å². The second-order valence-electron chi connectivity index (χ2n) is 6.28. The van der Waals surface area contributed by atoms with Gasteiger partial charge in [-0.3, -0.25) is 20.0 Å². The minimum Gasteiger partial charge on any atom is -0.454 e. The summed E-state index contributed by atoms with van der Waals surface area (Å²) in [5.41, 5.74) is 3.49. The fraction of sp³-hybridized carbons (Fsp3) is 0.375. The van der Waals surface area contributed by atoms with E-state index < -0.39 is 21.8 Å². The number of ether oxygens (including phenoxy) is 2. The number of hydrogen-bond donors (Lipinski definition) is 2. The van der Waals surface area contributed by atoms with E-state index in [2.05, 4.69) is 10.7 Å². The smallest absolute Gasteiger partial charge is 0.273 e. The predicted molar refractivity (Wildman–Crippen MR) is 90.9 cm³/mol. The van der Waals surface area contributed by atoms with E-state index in [-0.39, 0.29) is 36.3 Å². The van der Waals surface area contributed by atoms with Crippen LogP contribution in [-0.2, 0) is 19.4 Å². The fourth-order valence-electron chi connectivity index (χ4n) is 3.12. The molecule has 3 aliphatic rings. The van der Waals surface area contributed by atoms with Crippen LogP contribution >= 0.6 is 0 Å². The van der Waals surface area contributed by atoms with Gasteiger partial charge < -0.3 is 14.8 Å². The van der Waals surface area contributed by atoms with Gasteiger partial charge in [-0.05, 0) is 24.6 Å². The zero-order valence-corrected chi connectivity index (χ0v) is 14.5. The topological polar surface area (TPSA) is 114 Å². The lowest BCUT2D eigenvalue weighted by Gasteiger charge is -2.32. The first-order chi connectivity index (χ1) is 12.4. The first kappa shape index (κ1) is 16.7. The maximum atomic E-state index is 12.5. The Bertz CT molecular complexity index is 911. The van der Waals surface area contributed by atoms with Crippen LogP contribution in [0.4, 0.5) is 5.69 Å². The van der Waals surface area contributed by atoms with Crippen LogP contribution in [0.1, 0.15) is 12.8 Å². The summed E-state index contributed by atoms with van der Waals surface area (Å²) in [6.07, 6.45) is 1.89. The minimum atomic E-state index is -3.14. The number of anilines is 1. The van der Waals surface area contributed by atoms with Gasteiger partial charge in [-0.15, -0.1) is 0 Å². The van der Waals surface area contributed by atoms with Gasteiger partial charge >= 0.3 is 0 Å². The average Bonchev–Trinajstić information content (AvgIpc) is 3.20. The molecule has 0 aromatic heterocycles. The third-order valence-corrected chi connectivity index (χ3v) is 6.19. The van der Waals surface area contributed by atoms with Crippen molar-refractivity contribution in [3.8, 4) is 11.5 Å². The molecular weight excluding hydrogens is 362 g/mol. The normalized spacial score (nSPS) is 23.4. The Morgan fingerprint density at radius 3 is 2.85 bits per heavy atom. The number of hydrogen-bond acceptors (Lipinski definition) is 7. The number of carbonyl (C=O) groups is 2. The molecule has 0 spiro atoms. The molecule has 1 aromatic carbocycles. The Labute approximate surface area is 149 Å². The monoisotopic (exact) mass is 379 g/mol. The van der Waals surface area contributed by atoms with Crippen molar-refractivity contribution in [3.63, 3.8) is 0 Å². The molecule has 3 aliphatic heterocycles. The van der Waals surface area contributed by atoms with Crippen LogP contribution in [0.5, 0.6) is 11.5 Å². The van der Waals surface area contributed by atoms with Crippen LogP contribution in [0.15, 0.2) is 30.0 Å². The molecule has 0 aliphatic carbocycles. The zero-order valence-electron chi connectivity index (χ0n) is 13.7. The Kier molecular flexibility index (Phi) is 3.98. The number of nitrogens with one attached hydrogen (secondary N) is 2. The van der Waals surface area contributed by atoms with Gasteiger partial charge in [0, 0.05) is 18.2 Å². The largest absolute Gasteiger partial charge is 0.454 e. The van der Waals surface area contributed by atoms with Crippen molar-refractivity contribution >= 4 is 27.3 Å². The number of benzene rings is 1. The maximum absolute atomic E-state index is 12.5. The van der Waals surface area contributed by atoms with E-state index in [1.165, 1.54) is 11.1 Å². The number of carbonyl (C=O) groups excluding carboxylic acids is 2.